The van der Waals surface area contributed by atoms with E-state index in [1.807, 2.05) is 0 Å². The number of hydrogen-bond acceptors (Lipinski definition) is 5. The Hall–Kier alpha value is -1.53. The fourth-order valence-electron chi connectivity index (χ4n) is 2.50. The quantitative estimate of drug-likeness (QED) is 0.633. The second kappa shape index (κ2) is 5.93. The van der Waals surface area contributed by atoms with Crippen molar-refractivity contribution in [2.45, 2.75) is 31.1 Å². The number of Topliss-reactive ketones (excluding diaryl/α,β-unsaturated/α-hetero) is 1. The summed E-state index contributed by atoms with van der Waals surface area (Å²) in [4.78, 5) is 20.0. The SMILES string of the molecule is CC(=O)c1cnc(OC2CC(S(C)=O)C2)c2cnc(Cl)cc12. The van der Waals surface area contributed by atoms with Crippen LogP contribution in [0.1, 0.15) is 30.1 Å². The molecule has 0 aliphatic heterocycles. The van der Waals surface area contributed by atoms with Crippen LogP contribution in [0.2, 0.25) is 5.15 Å². The largest absolute Gasteiger partial charge is 0.474 e. The Morgan fingerprint density at radius 3 is 2.68 bits per heavy atom. The van der Waals surface area contributed by atoms with E-state index in [4.69, 9.17) is 16.3 Å². The van der Waals surface area contributed by atoms with Crippen molar-refractivity contribution in [3.63, 3.8) is 0 Å². The zero-order valence-electron chi connectivity index (χ0n) is 12.2. The van der Waals surface area contributed by atoms with Gasteiger partial charge in [-0.05, 0) is 25.8 Å². The molecule has 116 valence electrons. The van der Waals surface area contributed by atoms with Crippen molar-refractivity contribution in [1.82, 2.24) is 9.97 Å². The van der Waals surface area contributed by atoms with Crippen LogP contribution < -0.4 is 4.74 Å². The smallest absolute Gasteiger partial charge is 0.223 e. The molecule has 0 saturated heterocycles. The first-order valence-corrected chi connectivity index (χ1v) is 8.89. The molecule has 1 atom stereocenters. The predicted octanol–water partition coefficient (Wildman–Crippen LogP) is 2.77. The molecule has 1 aliphatic carbocycles. The van der Waals surface area contributed by atoms with Crippen LogP contribution in [0.25, 0.3) is 10.8 Å². The van der Waals surface area contributed by atoms with Crippen LogP contribution in [0.3, 0.4) is 0 Å². The number of ether oxygens (including phenoxy) is 1. The fourth-order valence-corrected chi connectivity index (χ4v) is 3.63. The van der Waals surface area contributed by atoms with Crippen LogP contribution >= 0.6 is 11.6 Å². The molecule has 0 spiro atoms. The number of carbonyl (C=O) groups is 1. The minimum atomic E-state index is -0.817. The molecule has 1 aliphatic rings. The predicted molar refractivity (Wildman–Crippen MR) is 86.1 cm³/mol. The summed E-state index contributed by atoms with van der Waals surface area (Å²) in [6.07, 6.45) is 6.29. The summed E-state index contributed by atoms with van der Waals surface area (Å²) in [5.41, 5.74) is 0.493. The first kappa shape index (κ1) is 15.4. The van der Waals surface area contributed by atoms with Gasteiger partial charge >= 0.3 is 0 Å². The molecule has 1 unspecified atom stereocenters. The first-order chi connectivity index (χ1) is 10.5. The van der Waals surface area contributed by atoms with Crippen LogP contribution in [0, 0.1) is 0 Å². The van der Waals surface area contributed by atoms with Gasteiger partial charge in [0.15, 0.2) is 5.78 Å². The summed E-state index contributed by atoms with van der Waals surface area (Å²) >= 11 is 5.93. The van der Waals surface area contributed by atoms with Crippen LogP contribution in [0.4, 0.5) is 0 Å². The molecule has 3 rings (SSSR count). The number of fused-ring (bicyclic) bond motifs is 1. The van der Waals surface area contributed by atoms with Gasteiger partial charge in [0.1, 0.15) is 11.3 Å². The Labute approximate surface area is 135 Å². The van der Waals surface area contributed by atoms with Gasteiger partial charge in [-0.3, -0.25) is 9.00 Å². The number of pyridine rings is 2. The van der Waals surface area contributed by atoms with Crippen LogP contribution in [0.15, 0.2) is 18.5 Å². The van der Waals surface area contributed by atoms with Gasteiger partial charge in [0.05, 0.1) is 5.39 Å². The highest BCUT2D eigenvalue weighted by Crippen LogP contribution is 2.33. The topological polar surface area (TPSA) is 69.2 Å². The average Bonchev–Trinajstić information content (AvgIpc) is 2.40. The number of halogens is 1. The third-order valence-corrected chi connectivity index (χ3v) is 5.41. The van der Waals surface area contributed by atoms with Crippen LogP contribution in [-0.4, -0.2) is 37.6 Å². The van der Waals surface area contributed by atoms with E-state index in [0.29, 0.717) is 27.4 Å². The van der Waals surface area contributed by atoms with E-state index < -0.39 is 10.8 Å². The highest BCUT2D eigenvalue weighted by Gasteiger charge is 2.34. The van der Waals surface area contributed by atoms with Gasteiger partial charge < -0.3 is 4.74 Å². The van der Waals surface area contributed by atoms with Crippen molar-refractivity contribution < 1.29 is 13.7 Å². The monoisotopic (exact) mass is 338 g/mol. The summed E-state index contributed by atoms with van der Waals surface area (Å²) in [6.45, 7) is 1.48. The molecule has 0 radical (unpaired) electrons. The second-order valence-electron chi connectivity index (χ2n) is 5.42. The van der Waals surface area contributed by atoms with Gasteiger partial charge in [-0.2, -0.15) is 0 Å². The van der Waals surface area contributed by atoms with Gasteiger partial charge in [0.2, 0.25) is 5.88 Å². The lowest BCUT2D eigenvalue weighted by Gasteiger charge is -2.33. The lowest BCUT2D eigenvalue weighted by molar-refractivity contribution is 0.101. The zero-order valence-corrected chi connectivity index (χ0v) is 13.8. The van der Waals surface area contributed by atoms with E-state index in [2.05, 4.69) is 9.97 Å². The van der Waals surface area contributed by atoms with Gasteiger partial charge in [0.25, 0.3) is 0 Å². The molecule has 22 heavy (non-hydrogen) atoms. The van der Waals surface area contributed by atoms with E-state index >= 15 is 0 Å². The zero-order chi connectivity index (χ0) is 15.9. The molecule has 2 aromatic heterocycles. The molecular weight excluding hydrogens is 324 g/mol. The van der Waals surface area contributed by atoms with Gasteiger partial charge in [-0.1, -0.05) is 11.6 Å². The van der Waals surface area contributed by atoms with Gasteiger partial charge in [-0.25, -0.2) is 9.97 Å². The molecular formula is C15H15ClN2O3S. The third kappa shape index (κ3) is 2.85. The van der Waals surface area contributed by atoms with E-state index in [9.17, 15) is 9.00 Å². The maximum Gasteiger partial charge on any atom is 0.223 e. The first-order valence-electron chi connectivity index (χ1n) is 6.89. The molecule has 1 fully saturated rings. The molecule has 5 nitrogen and oxygen atoms in total. The third-order valence-electron chi connectivity index (χ3n) is 3.88. The molecule has 1 saturated carbocycles. The number of nitrogens with zero attached hydrogens (tertiary/aromatic N) is 2. The summed E-state index contributed by atoms with van der Waals surface area (Å²) in [7, 11) is -0.817. The van der Waals surface area contributed by atoms with Crippen molar-refractivity contribution in [3.05, 3.63) is 29.2 Å². The minimum Gasteiger partial charge on any atom is -0.474 e. The van der Waals surface area contributed by atoms with E-state index in [1.54, 1.807) is 18.5 Å². The van der Waals surface area contributed by atoms with Crippen molar-refractivity contribution in [3.8, 4) is 5.88 Å². The summed E-state index contributed by atoms with van der Waals surface area (Å²) in [5.74, 6) is 0.353. The van der Waals surface area contributed by atoms with E-state index in [0.717, 1.165) is 12.8 Å². The summed E-state index contributed by atoms with van der Waals surface area (Å²) in [5, 5.41) is 1.86. The molecule has 0 bridgehead atoms. The maximum atomic E-state index is 11.7. The lowest BCUT2D eigenvalue weighted by atomic mass is 9.95. The van der Waals surface area contributed by atoms with Gasteiger partial charge in [-0.15, -0.1) is 0 Å². The number of carbonyl (C=O) groups excluding carboxylic acids is 1. The Balaban J connectivity index is 1.93. The van der Waals surface area contributed by atoms with Crippen molar-refractivity contribution >= 4 is 39.0 Å². The Morgan fingerprint density at radius 1 is 1.32 bits per heavy atom. The fraction of sp³-hybridized carbons (Fsp3) is 0.400. The number of hydrogen-bond donors (Lipinski definition) is 0. The second-order valence-corrected chi connectivity index (χ2v) is 7.47. The lowest BCUT2D eigenvalue weighted by Crippen LogP contribution is -2.40. The molecule has 2 heterocycles. The Kier molecular flexibility index (Phi) is 4.14. The standard InChI is InChI=1S/C15H15ClN2O3S/c1-8(19)12-6-18-15(13-7-17-14(16)5-11(12)13)21-9-3-10(4-9)22(2)20/h5-7,9-10H,3-4H2,1-2H3. The summed E-state index contributed by atoms with van der Waals surface area (Å²) in [6, 6.07) is 1.65. The van der Waals surface area contributed by atoms with Crippen molar-refractivity contribution in [2.75, 3.05) is 6.26 Å². The molecule has 2 aromatic rings. The molecule has 0 N–H and O–H groups in total. The van der Waals surface area contributed by atoms with Crippen LogP contribution in [-0.2, 0) is 10.8 Å². The Morgan fingerprint density at radius 2 is 2.05 bits per heavy atom. The van der Waals surface area contributed by atoms with E-state index in [-0.39, 0.29) is 17.1 Å². The normalized spacial score (nSPS) is 22.1. The van der Waals surface area contributed by atoms with Crippen molar-refractivity contribution in [1.29, 1.82) is 0 Å². The summed E-state index contributed by atoms with van der Waals surface area (Å²) < 4.78 is 17.2. The van der Waals surface area contributed by atoms with E-state index in [1.165, 1.54) is 13.1 Å². The average molecular weight is 339 g/mol. The molecule has 0 aromatic carbocycles. The Bertz CT molecular complexity index is 775. The maximum absolute atomic E-state index is 11.7. The van der Waals surface area contributed by atoms with Gasteiger partial charge in [0, 0.05) is 45.6 Å². The highest BCUT2D eigenvalue weighted by molar-refractivity contribution is 7.84. The minimum absolute atomic E-state index is 0.00320. The molecule has 0 amide bonds. The number of rotatable bonds is 4. The highest BCUT2D eigenvalue weighted by atomic mass is 35.5. The number of aromatic nitrogens is 2. The number of ketones is 1. The molecule has 7 heteroatoms. The van der Waals surface area contributed by atoms with Crippen molar-refractivity contribution in [2.24, 2.45) is 0 Å². The van der Waals surface area contributed by atoms with Crippen LogP contribution in [0.5, 0.6) is 5.88 Å².